The molecule has 0 spiro atoms. The van der Waals surface area contributed by atoms with E-state index < -0.39 is 17.6 Å². The van der Waals surface area contributed by atoms with Gasteiger partial charge in [-0.3, -0.25) is 15.6 Å². The van der Waals surface area contributed by atoms with E-state index >= 15 is 0 Å². The maximum atomic E-state index is 12.7. The lowest BCUT2D eigenvalue weighted by atomic mass is 10.2. The van der Waals surface area contributed by atoms with Gasteiger partial charge in [-0.05, 0) is 40.2 Å². The van der Waals surface area contributed by atoms with Crippen molar-refractivity contribution in [2.45, 2.75) is 6.18 Å². The first-order chi connectivity index (χ1) is 9.38. The van der Waals surface area contributed by atoms with E-state index in [-0.39, 0.29) is 11.4 Å². The molecule has 0 aliphatic carbocycles. The Hall–Kier alpha value is -1.96. The molecule has 106 valence electrons. The Labute approximate surface area is 120 Å². The van der Waals surface area contributed by atoms with E-state index in [1.54, 1.807) is 0 Å². The van der Waals surface area contributed by atoms with Crippen molar-refractivity contribution in [3.63, 3.8) is 0 Å². The van der Waals surface area contributed by atoms with Gasteiger partial charge in [-0.2, -0.15) is 13.2 Å². The van der Waals surface area contributed by atoms with Gasteiger partial charge in [0, 0.05) is 0 Å². The van der Waals surface area contributed by atoms with E-state index in [4.69, 9.17) is 4.42 Å². The molecule has 1 aromatic carbocycles. The fraction of sp³-hybridized carbons (Fsp3) is 0.0833. The first-order valence-electron chi connectivity index (χ1n) is 5.36. The van der Waals surface area contributed by atoms with Crippen molar-refractivity contribution < 1.29 is 22.4 Å². The molecule has 2 aromatic rings. The van der Waals surface area contributed by atoms with Gasteiger partial charge < -0.3 is 4.42 Å². The summed E-state index contributed by atoms with van der Waals surface area (Å²) in [5.74, 6) is -0.721. The average molecular weight is 349 g/mol. The van der Waals surface area contributed by atoms with Crippen molar-refractivity contribution in [1.82, 2.24) is 5.43 Å². The van der Waals surface area contributed by atoms with E-state index in [1.807, 2.05) is 0 Å². The molecule has 0 saturated heterocycles. The molecule has 0 fully saturated rings. The second kappa shape index (κ2) is 5.58. The minimum atomic E-state index is -4.51. The maximum Gasteiger partial charge on any atom is 0.418 e. The highest BCUT2D eigenvalue weighted by molar-refractivity contribution is 9.10. The standard InChI is InChI=1S/C12H8BrF3N2O2/c13-10-6-5-9(20-10)11(19)18-17-8-4-2-1-3-7(8)12(14,15)16/h1-6,17H,(H,18,19). The van der Waals surface area contributed by atoms with Crippen LogP contribution in [0.1, 0.15) is 16.1 Å². The molecule has 1 amide bonds. The molecule has 0 bridgehead atoms. The van der Waals surface area contributed by atoms with Crippen LogP contribution in [0.25, 0.3) is 0 Å². The average Bonchev–Trinajstić information content (AvgIpc) is 2.82. The van der Waals surface area contributed by atoms with E-state index in [9.17, 15) is 18.0 Å². The van der Waals surface area contributed by atoms with Crippen molar-refractivity contribution in [2.75, 3.05) is 5.43 Å². The third-order valence-electron chi connectivity index (χ3n) is 2.34. The van der Waals surface area contributed by atoms with Gasteiger partial charge in [-0.1, -0.05) is 12.1 Å². The van der Waals surface area contributed by atoms with E-state index in [2.05, 4.69) is 26.8 Å². The minimum Gasteiger partial charge on any atom is -0.444 e. The molecule has 0 atom stereocenters. The molecule has 0 aliphatic heterocycles. The maximum absolute atomic E-state index is 12.7. The summed E-state index contributed by atoms with van der Waals surface area (Å²) in [7, 11) is 0. The predicted octanol–water partition coefficient (Wildman–Crippen LogP) is 3.82. The number of benzene rings is 1. The molecule has 4 nitrogen and oxygen atoms in total. The van der Waals surface area contributed by atoms with Gasteiger partial charge in [0.2, 0.25) is 0 Å². The van der Waals surface area contributed by atoms with Gasteiger partial charge in [0.25, 0.3) is 0 Å². The Morgan fingerprint density at radius 3 is 2.45 bits per heavy atom. The smallest absolute Gasteiger partial charge is 0.418 e. The summed E-state index contributed by atoms with van der Waals surface area (Å²) in [6.07, 6.45) is -4.51. The van der Waals surface area contributed by atoms with E-state index in [0.29, 0.717) is 4.67 Å². The Morgan fingerprint density at radius 1 is 1.15 bits per heavy atom. The topological polar surface area (TPSA) is 54.3 Å². The molecule has 0 unspecified atom stereocenters. The molecule has 2 rings (SSSR count). The highest BCUT2D eigenvalue weighted by atomic mass is 79.9. The molecule has 20 heavy (non-hydrogen) atoms. The van der Waals surface area contributed by atoms with Crippen LogP contribution in [-0.2, 0) is 6.18 Å². The number of amides is 1. The van der Waals surface area contributed by atoms with Crippen molar-refractivity contribution in [1.29, 1.82) is 0 Å². The number of hydrogen-bond acceptors (Lipinski definition) is 3. The second-order valence-electron chi connectivity index (χ2n) is 3.73. The zero-order valence-corrected chi connectivity index (χ0v) is 11.4. The summed E-state index contributed by atoms with van der Waals surface area (Å²) in [5, 5.41) is 0. The molecule has 0 aliphatic rings. The van der Waals surface area contributed by atoms with Crippen molar-refractivity contribution in [2.24, 2.45) is 0 Å². The number of carbonyl (C=O) groups excluding carboxylic acids is 1. The van der Waals surface area contributed by atoms with Gasteiger partial charge in [0.1, 0.15) is 0 Å². The zero-order chi connectivity index (χ0) is 14.8. The Morgan fingerprint density at radius 2 is 1.85 bits per heavy atom. The van der Waals surface area contributed by atoms with Crippen LogP contribution in [0.15, 0.2) is 45.5 Å². The van der Waals surface area contributed by atoms with Crippen LogP contribution in [0.2, 0.25) is 0 Å². The summed E-state index contributed by atoms with van der Waals surface area (Å²) < 4.78 is 43.5. The SMILES string of the molecule is O=C(NNc1ccccc1C(F)(F)F)c1ccc(Br)o1. The molecular weight excluding hydrogens is 341 g/mol. The van der Waals surface area contributed by atoms with Crippen molar-refractivity contribution >= 4 is 27.5 Å². The van der Waals surface area contributed by atoms with Gasteiger partial charge in [-0.25, -0.2) is 0 Å². The highest BCUT2D eigenvalue weighted by Gasteiger charge is 2.33. The Bertz CT molecular complexity index is 625. The molecule has 8 heteroatoms. The lowest BCUT2D eigenvalue weighted by Gasteiger charge is -2.14. The minimum absolute atomic E-state index is 0.0335. The quantitative estimate of drug-likeness (QED) is 0.829. The lowest BCUT2D eigenvalue weighted by molar-refractivity contribution is -0.137. The first-order valence-corrected chi connectivity index (χ1v) is 6.15. The second-order valence-corrected chi connectivity index (χ2v) is 4.51. The number of hydrazine groups is 1. The van der Waals surface area contributed by atoms with Crippen LogP contribution < -0.4 is 10.9 Å². The van der Waals surface area contributed by atoms with Gasteiger partial charge in [0.05, 0.1) is 11.3 Å². The van der Waals surface area contributed by atoms with Gasteiger partial charge in [-0.15, -0.1) is 0 Å². The number of nitrogens with one attached hydrogen (secondary N) is 2. The highest BCUT2D eigenvalue weighted by Crippen LogP contribution is 2.34. The Kier molecular flexibility index (Phi) is 4.03. The molecule has 2 N–H and O–H groups in total. The van der Waals surface area contributed by atoms with Crippen molar-refractivity contribution in [3.8, 4) is 0 Å². The number of alkyl halides is 3. The number of rotatable bonds is 3. The summed E-state index contributed by atoms with van der Waals surface area (Å²) in [6, 6.07) is 7.70. The fourth-order valence-electron chi connectivity index (χ4n) is 1.46. The van der Waals surface area contributed by atoms with E-state index in [1.165, 1.54) is 30.3 Å². The number of carbonyl (C=O) groups is 1. The van der Waals surface area contributed by atoms with Crippen LogP contribution in [0, 0.1) is 0 Å². The monoisotopic (exact) mass is 348 g/mol. The van der Waals surface area contributed by atoms with Crippen LogP contribution in [0.4, 0.5) is 18.9 Å². The Balaban J connectivity index is 2.10. The molecule has 1 heterocycles. The normalized spacial score (nSPS) is 11.2. The predicted molar refractivity (Wildman–Crippen MR) is 68.9 cm³/mol. The molecule has 0 saturated carbocycles. The zero-order valence-electron chi connectivity index (χ0n) is 9.79. The van der Waals surface area contributed by atoms with Crippen molar-refractivity contribution in [3.05, 3.63) is 52.4 Å². The van der Waals surface area contributed by atoms with Crippen LogP contribution in [0.5, 0.6) is 0 Å². The largest absolute Gasteiger partial charge is 0.444 e. The van der Waals surface area contributed by atoms with Gasteiger partial charge in [0.15, 0.2) is 10.4 Å². The fourth-order valence-corrected chi connectivity index (χ4v) is 1.77. The third-order valence-corrected chi connectivity index (χ3v) is 2.77. The van der Waals surface area contributed by atoms with E-state index in [0.717, 1.165) is 6.07 Å². The lowest BCUT2D eigenvalue weighted by Crippen LogP contribution is -2.30. The number of furan rings is 1. The summed E-state index contributed by atoms with van der Waals surface area (Å²) >= 11 is 3.02. The number of anilines is 1. The molecule has 1 aromatic heterocycles. The molecular formula is C12H8BrF3N2O2. The summed E-state index contributed by atoms with van der Waals surface area (Å²) in [6.45, 7) is 0. The summed E-state index contributed by atoms with van der Waals surface area (Å²) in [4.78, 5) is 11.6. The third kappa shape index (κ3) is 3.32. The van der Waals surface area contributed by atoms with Crippen LogP contribution >= 0.6 is 15.9 Å². The molecule has 0 radical (unpaired) electrons. The van der Waals surface area contributed by atoms with Crippen LogP contribution in [0.3, 0.4) is 0 Å². The first kappa shape index (κ1) is 14.4. The van der Waals surface area contributed by atoms with Gasteiger partial charge >= 0.3 is 12.1 Å². The number of para-hydroxylation sites is 1. The summed E-state index contributed by atoms with van der Waals surface area (Å²) in [5.41, 5.74) is 3.24. The number of hydrogen-bond donors (Lipinski definition) is 2. The van der Waals surface area contributed by atoms with Crippen LogP contribution in [-0.4, -0.2) is 5.91 Å². The number of halogens is 4.